The van der Waals surface area contributed by atoms with Crippen LogP contribution in [0.2, 0.25) is 0 Å². The number of alkyl halides is 1. The second-order valence-corrected chi connectivity index (χ2v) is 4.06. The number of Topliss-reactive ketones (excluding diaryl/α,β-unsaturated/α-hetero) is 1. The molecular formula is C11H21FO. The molecule has 78 valence electrons. The molecule has 0 radical (unpaired) electrons. The smallest absolute Gasteiger partial charge is 0.169 e. The van der Waals surface area contributed by atoms with Crippen molar-refractivity contribution in [2.45, 2.75) is 65.0 Å². The van der Waals surface area contributed by atoms with Gasteiger partial charge in [-0.25, -0.2) is 4.39 Å². The van der Waals surface area contributed by atoms with Crippen molar-refractivity contribution in [1.29, 1.82) is 0 Å². The van der Waals surface area contributed by atoms with E-state index in [1.54, 1.807) is 0 Å². The van der Waals surface area contributed by atoms with E-state index in [0.29, 0.717) is 6.42 Å². The van der Waals surface area contributed by atoms with Gasteiger partial charge in [0, 0.05) is 6.42 Å². The minimum atomic E-state index is -1.63. The number of hydrogen-bond acceptors (Lipinski definition) is 1. The number of rotatable bonds is 7. The Labute approximate surface area is 80.7 Å². The van der Waals surface area contributed by atoms with Gasteiger partial charge in [-0.15, -0.1) is 0 Å². The van der Waals surface area contributed by atoms with Crippen LogP contribution in [0.4, 0.5) is 4.39 Å². The van der Waals surface area contributed by atoms with Crippen molar-refractivity contribution in [3.63, 3.8) is 0 Å². The Morgan fingerprint density at radius 2 is 1.69 bits per heavy atom. The molecule has 13 heavy (non-hydrogen) atoms. The number of hydrogen-bond donors (Lipinski definition) is 0. The Morgan fingerprint density at radius 3 is 2.15 bits per heavy atom. The van der Waals surface area contributed by atoms with Gasteiger partial charge in [0.1, 0.15) is 0 Å². The molecule has 0 saturated carbocycles. The van der Waals surface area contributed by atoms with Crippen LogP contribution in [0.15, 0.2) is 0 Å². The third kappa shape index (κ3) is 6.73. The molecule has 0 amide bonds. The van der Waals surface area contributed by atoms with Crippen LogP contribution in [0.1, 0.15) is 59.3 Å². The first-order chi connectivity index (χ1) is 5.98. The number of unbranched alkanes of at least 4 members (excludes halogenated alkanes) is 4. The monoisotopic (exact) mass is 188 g/mol. The molecule has 0 unspecified atom stereocenters. The minimum Gasteiger partial charge on any atom is -0.296 e. The lowest BCUT2D eigenvalue weighted by Crippen LogP contribution is -2.25. The predicted octanol–water partition coefficient (Wildman–Crippen LogP) is 3.66. The van der Waals surface area contributed by atoms with Crippen LogP contribution in [0, 0.1) is 0 Å². The number of carbonyl (C=O) groups excluding carboxylic acids is 1. The second kappa shape index (κ2) is 6.11. The SMILES string of the molecule is CCCCCCCC(=O)C(C)(C)F. The van der Waals surface area contributed by atoms with Gasteiger partial charge < -0.3 is 0 Å². The predicted molar refractivity (Wildman–Crippen MR) is 53.6 cm³/mol. The highest BCUT2D eigenvalue weighted by Gasteiger charge is 2.24. The number of ketones is 1. The molecule has 0 saturated heterocycles. The summed E-state index contributed by atoms with van der Waals surface area (Å²) in [5.41, 5.74) is -1.63. The molecule has 0 aromatic carbocycles. The van der Waals surface area contributed by atoms with Crippen LogP contribution in [-0.4, -0.2) is 11.5 Å². The summed E-state index contributed by atoms with van der Waals surface area (Å²) < 4.78 is 13.0. The highest BCUT2D eigenvalue weighted by Crippen LogP contribution is 2.15. The summed E-state index contributed by atoms with van der Waals surface area (Å²) in [4.78, 5) is 11.1. The molecule has 0 aromatic rings. The standard InChI is InChI=1S/C11H21FO/c1-4-5-6-7-8-9-10(13)11(2,3)12/h4-9H2,1-3H3. The number of carbonyl (C=O) groups is 1. The molecule has 0 atom stereocenters. The van der Waals surface area contributed by atoms with E-state index >= 15 is 0 Å². The molecule has 0 rings (SSSR count). The molecule has 0 fully saturated rings. The number of halogens is 1. The molecule has 0 aliphatic carbocycles. The van der Waals surface area contributed by atoms with Gasteiger partial charge in [-0.3, -0.25) is 4.79 Å². The van der Waals surface area contributed by atoms with Gasteiger partial charge in [0.2, 0.25) is 0 Å². The fourth-order valence-corrected chi connectivity index (χ4v) is 1.19. The van der Waals surface area contributed by atoms with Gasteiger partial charge in [0.05, 0.1) is 0 Å². The van der Waals surface area contributed by atoms with Crippen molar-refractivity contribution in [2.75, 3.05) is 0 Å². The normalized spacial score (nSPS) is 11.7. The lowest BCUT2D eigenvalue weighted by atomic mass is 9.99. The van der Waals surface area contributed by atoms with Crippen LogP contribution in [-0.2, 0) is 4.79 Å². The first kappa shape index (κ1) is 12.6. The summed E-state index contributed by atoms with van der Waals surface area (Å²) in [7, 11) is 0. The van der Waals surface area contributed by atoms with Gasteiger partial charge in [-0.1, -0.05) is 32.6 Å². The maximum Gasteiger partial charge on any atom is 0.169 e. The van der Waals surface area contributed by atoms with Gasteiger partial charge in [0.25, 0.3) is 0 Å². The molecule has 0 bridgehead atoms. The third-order valence-corrected chi connectivity index (χ3v) is 2.17. The van der Waals surface area contributed by atoms with Crippen LogP contribution >= 0.6 is 0 Å². The summed E-state index contributed by atoms with van der Waals surface area (Å²) in [5.74, 6) is -0.260. The Morgan fingerprint density at radius 1 is 1.15 bits per heavy atom. The summed E-state index contributed by atoms with van der Waals surface area (Å²) in [6, 6.07) is 0. The van der Waals surface area contributed by atoms with Crippen molar-refractivity contribution >= 4 is 5.78 Å². The molecule has 1 nitrogen and oxygen atoms in total. The fourth-order valence-electron chi connectivity index (χ4n) is 1.19. The van der Waals surface area contributed by atoms with E-state index in [9.17, 15) is 9.18 Å². The zero-order valence-electron chi connectivity index (χ0n) is 9.03. The van der Waals surface area contributed by atoms with Crippen molar-refractivity contribution in [2.24, 2.45) is 0 Å². The Bertz CT molecular complexity index is 147. The van der Waals surface area contributed by atoms with E-state index in [1.165, 1.54) is 26.7 Å². The molecule has 0 spiro atoms. The molecule has 0 heterocycles. The van der Waals surface area contributed by atoms with E-state index in [1.807, 2.05) is 0 Å². The average Bonchev–Trinajstić information content (AvgIpc) is 2.02. The highest BCUT2D eigenvalue weighted by atomic mass is 19.1. The Kier molecular flexibility index (Phi) is 5.93. The second-order valence-electron chi connectivity index (χ2n) is 4.06. The van der Waals surface area contributed by atoms with Gasteiger partial charge in [0.15, 0.2) is 11.5 Å². The minimum absolute atomic E-state index is 0.260. The Hall–Kier alpha value is -0.400. The zero-order chi connectivity index (χ0) is 10.3. The van der Waals surface area contributed by atoms with Crippen molar-refractivity contribution in [3.8, 4) is 0 Å². The van der Waals surface area contributed by atoms with E-state index in [2.05, 4.69) is 6.92 Å². The summed E-state index contributed by atoms with van der Waals surface area (Å²) in [5, 5.41) is 0. The van der Waals surface area contributed by atoms with Crippen LogP contribution in [0.3, 0.4) is 0 Å². The maximum atomic E-state index is 13.0. The first-order valence-electron chi connectivity index (χ1n) is 5.20. The highest BCUT2D eigenvalue weighted by molar-refractivity contribution is 5.86. The van der Waals surface area contributed by atoms with Crippen LogP contribution < -0.4 is 0 Å². The van der Waals surface area contributed by atoms with Crippen molar-refractivity contribution < 1.29 is 9.18 Å². The van der Waals surface area contributed by atoms with E-state index in [0.717, 1.165) is 19.3 Å². The van der Waals surface area contributed by atoms with Crippen LogP contribution in [0.25, 0.3) is 0 Å². The summed E-state index contributed by atoms with van der Waals surface area (Å²) in [6.45, 7) is 4.82. The van der Waals surface area contributed by atoms with Gasteiger partial charge in [-0.2, -0.15) is 0 Å². The lowest BCUT2D eigenvalue weighted by Gasteiger charge is -2.11. The largest absolute Gasteiger partial charge is 0.296 e. The van der Waals surface area contributed by atoms with Crippen molar-refractivity contribution in [1.82, 2.24) is 0 Å². The quantitative estimate of drug-likeness (QED) is 0.557. The topological polar surface area (TPSA) is 17.1 Å². The third-order valence-electron chi connectivity index (χ3n) is 2.17. The van der Waals surface area contributed by atoms with Gasteiger partial charge in [-0.05, 0) is 20.3 Å². The molecular weight excluding hydrogens is 167 g/mol. The molecule has 0 N–H and O–H groups in total. The average molecular weight is 188 g/mol. The zero-order valence-corrected chi connectivity index (χ0v) is 9.03. The summed E-state index contributed by atoms with van der Waals surface area (Å²) >= 11 is 0. The Balaban J connectivity index is 3.38. The van der Waals surface area contributed by atoms with E-state index in [-0.39, 0.29) is 5.78 Å². The first-order valence-corrected chi connectivity index (χ1v) is 5.20. The van der Waals surface area contributed by atoms with E-state index < -0.39 is 5.67 Å². The molecule has 0 aliphatic heterocycles. The molecule has 0 aliphatic rings. The maximum absolute atomic E-state index is 13.0. The fraction of sp³-hybridized carbons (Fsp3) is 0.909. The molecule has 0 aromatic heterocycles. The lowest BCUT2D eigenvalue weighted by molar-refractivity contribution is -0.128. The van der Waals surface area contributed by atoms with Gasteiger partial charge >= 0.3 is 0 Å². The van der Waals surface area contributed by atoms with Crippen molar-refractivity contribution in [3.05, 3.63) is 0 Å². The molecule has 2 heteroatoms. The van der Waals surface area contributed by atoms with Crippen LogP contribution in [0.5, 0.6) is 0 Å². The summed E-state index contributed by atoms with van der Waals surface area (Å²) in [6.07, 6.45) is 5.86. The van der Waals surface area contributed by atoms with E-state index in [4.69, 9.17) is 0 Å².